The fraction of sp³-hybridized carbons (Fsp3) is 0.692. The summed E-state index contributed by atoms with van der Waals surface area (Å²) < 4.78 is 8.23. The van der Waals surface area contributed by atoms with Crippen LogP contribution in [0.5, 0.6) is 0 Å². The first-order valence-electron chi connectivity index (χ1n) is 6.47. The molecule has 1 aromatic rings. The Kier molecular flexibility index (Phi) is 4.22. The zero-order valence-electron chi connectivity index (χ0n) is 10.9. The van der Waals surface area contributed by atoms with Crippen LogP contribution in [0.2, 0.25) is 0 Å². The predicted octanol–water partition coefficient (Wildman–Crippen LogP) is 3.10. The first-order valence-corrected chi connectivity index (χ1v) is 7.26. The number of ether oxygens (including phenoxy) is 1. The molecule has 1 heterocycles. The lowest BCUT2D eigenvalue weighted by atomic mass is 9.80. The van der Waals surface area contributed by atoms with Crippen LogP contribution in [0.25, 0.3) is 0 Å². The fourth-order valence-electron chi connectivity index (χ4n) is 2.72. The largest absolute Gasteiger partial charge is 0.367 e. The van der Waals surface area contributed by atoms with Crippen molar-refractivity contribution in [1.29, 1.82) is 0 Å². The zero-order valence-corrected chi connectivity index (χ0v) is 12.5. The van der Waals surface area contributed by atoms with E-state index in [0.29, 0.717) is 12.3 Å². The third-order valence-corrected chi connectivity index (χ3v) is 4.19. The molecule has 0 radical (unpaired) electrons. The molecule has 1 saturated carbocycles. The van der Waals surface area contributed by atoms with Gasteiger partial charge in [-0.3, -0.25) is 9.48 Å². The number of hydrogen-bond acceptors (Lipinski definition) is 3. The van der Waals surface area contributed by atoms with Crippen LogP contribution in [0.3, 0.4) is 0 Å². The zero-order chi connectivity index (χ0) is 13.2. The van der Waals surface area contributed by atoms with E-state index >= 15 is 0 Å². The molecule has 100 valence electrons. The summed E-state index contributed by atoms with van der Waals surface area (Å²) >= 11 is 3.40. The van der Waals surface area contributed by atoms with Crippen LogP contribution in [0.4, 0.5) is 0 Å². The summed E-state index contributed by atoms with van der Waals surface area (Å²) in [7, 11) is 1.79. The number of Topliss-reactive ketones (excluding diaryl/α,β-unsaturated/α-hetero) is 1. The third kappa shape index (κ3) is 2.38. The number of carbonyl (C=O) groups excluding carboxylic acids is 1. The van der Waals surface area contributed by atoms with Gasteiger partial charge in [-0.15, -0.1) is 0 Å². The maximum absolute atomic E-state index is 12.8. The van der Waals surface area contributed by atoms with E-state index in [1.54, 1.807) is 17.9 Å². The van der Waals surface area contributed by atoms with Gasteiger partial charge in [-0.25, -0.2) is 0 Å². The van der Waals surface area contributed by atoms with Crippen molar-refractivity contribution < 1.29 is 9.53 Å². The molecule has 1 aromatic heterocycles. The van der Waals surface area contributed by atoms with Crippen molar-refractivity contribution in [2.75, 3.05) is 6.61 Å². The van der Waals surface area contributed by atoms with E-state index in [0.717, 1.165) is 30.2 Å². The summed E-state index contributed by atoms with van der Waals surface area (Å²) in [5, 5.41) is 4.12. The number of ketones is 1. The molecule has 18 heavy (non-hydrogen) atoms. The Hall–Kier alpha value is -0.680. The van der Waals surface area contributed by atoms with E-state index < -0.39 is 5.60 Å². The standard InChI is InChI=1S/C13H19BrN2O2/c1-3-18-13(7-5-4-6-8-13)12(17)11-10(14)9-15-16(11)2/h9H,3-8H2,1-2H3. The highest BCUT2D eigenvalue weighted by Crippen LogP contribution is 2.36. The molecule has 0 spiro atoms. The topological polar surface area (TPSA) is 44.1 Å². The highest BCUT2D eigenvalue weighted by molar-refractivity contribution is 9.10. The van der Waals surface area contributed by atoms with Crippen molar-refractivity contribution in [3.63, 3.8) is 0 Å². The molecule has 0 aromatic carbocycles. The Morgan fingerprint density at radius 2 is 2.17 bits per heavy atom. The van der Waals surface area contributed by atoms with Crippen molar-refractivity contribution in [1.82, 2.24) is 9.78 Å². The Bertz CT molecular complexity index is 411. The Morgan fingerprint density at radius 3 is 2.67 bits per heavy atom. The normalized spacial score (nSPS) is 18.8. The fourth-order valence-corrected chi connectivity index (χ4v) is 3.25. The first kappa shape index (κ1) is 13.7. The van der Waals surface area contributed by atoms with E-state index in [1.165, 1.54) is 6.42 Å². The number of rotatable bonds is 4. The van der Waals surface area contributed by atoms with Crippen LogP contribution < -0.4 is 0 Å². The smallest absolute Gasteiger partial charge is 0.213 e. The minimum atomic E-state index is -0.636. The van der Waals surface area contributed by atoms with Gasteiger partial charge in [0.15, 0.2) is 0 Å². The molecule has 0 N–H and O–H groups in total. The van der Waals surface area contributed by atoms with Crippen molar-refractivity contribution in [2.45, 2.75) is 44.6 Å². The van der Waals surface area contributed by atoms with Gasteiger partial charge in [0.25, 0.3) is 0 Å². The molecule has 0 atom stereocenters. The number of hydrogen-bond donors (Lipinski definition) is 0. The van der Waals surface area contributed by atoms with Gasteiger partial charge in [-0.2, -0.15) is 5.10 Å². The number of nitrogens with zero attached hydrogens (tertiary/aromatic N) is 2. The Morgan fingerprint density at radius 1 is 1.50 bits per heavy atom. The number of carbonyl (C=O) groups is 1. The van der Waals surface area contributed by atoms with Crippen molar-refractivity contribution in [3.05, 3.63) is 16.4 Å². The number of halogens is 1. The van der Waals surface area contributed by atoms with Gasteiger partial charge < -0.3 is 4.74 Å². The molecule has 0 unspecified atom stereocenters. The molecular weight excluding hydrogens is 296 g/mol. The minimum absolute atomic E-state index is 0.0657. The van der Waals surface area contributed by atoms with Gasteiger partial charge in [0.05, 0.1) is 10.7 Å². The van der Waals surface area contributed by atoms with Crippen LogP contribution in [0.15, 0.2) is 10.7 Å². The Labute approximate surface area is 116 Å². The summed E-state index contributed by atoms with van der Waals surface area (Å²) in [4.78, 5) is 12.8. The van der Waals surface area contributed by atoms with E-state index in [2.05, 4.69) is 21.0 Å². The van der Waals surface area contributed by atoms with E-state index in [4.69, 9.17) is 4.74 Å². The molecular formula is C13H19BrN2O2. The number of aromatic nitrogens is 2. The van der Waals surface area contributed by atoms with Gasteiger partial charge in [0.1, 0.15) is 11.3 Å². The number of aryl methyl sites for hydroxylation is 1. The van der Waals surface area contributed by atoms with Crippen LogP contribution in [0, 0.1) is 0 Å². The summed E-state index contributed by atoms with van der Waals surface area (Å²) in [6, 6.07) is 0. The van der Waals surface area contributed by atoms with E-state index in [9.17, 15) is 4.79 Å². The molecule has 1 fully saturated rings. The van der Waals surface area contributed by atoms with Gasteiger partial charge in [-0.1, -0.05) is 19.3 Å². The molecule has 5 heteroatoms. The second-order valence-corrected chi connectivity index (χ2v) is 5.64. The predicted molar refractivity (Wildman–Crippen MR) is 72.7 cm³/mol. The summed E-state index contributed by atoms with van der Waals surface area (Å²) in [5.41, 5.74) is -0.0195. The lowest BCUT2D eigenvalue weighted by Crippen LogP contribution is -2.44. The molecule has 2 rings (SSSR count). The van der Waals surface area contributed by atoms with Crippen LogP contribution in [0.1, 0.15) is 49.5 Å². The van der Waals surface area contributed by atoms with Crippen LogP contribution in [-0.2, 0) is 11.8 Å². The summed E-state index contributed by atoms with van der Waals surface area (Å²) in [6.45, 7) is 2.52. The molecule has 0 aliphatic heterocycles. The van der Waals surface area contributed by atoms with Gasteiger partial charge in [-0.05, 0) is 35.7 Å². The first-order chi connectivity index (χ1) is 8.60. The van der Waals surface area contributed by atoms with E-state index in [1.807, 2.05) is 6.92 Å². The molecule has 1 aliphatic rings. The van der Waals surface area contributed by atoms with Crippen LogP contribution >= 0.6 is 15.9 Å². The van der Waals surface area contributed by atoms with Crippen molar-refractivity contribution >= 4 is 21.7 Å². The second-order valence-electron chi connectivity index (χ2n) is 4.78. The Balaban J connectivity index is 2.34. The quantitative estimate of drug-likeness (QED) is 0.802. The maximum atomic E-state index is 12.8. The van der Waals surface area contributed by atoms with Gasteiger partial charge in [0.2, 0.25) is 5.78 Å². The molecule has 4 nitrogen and oxygen atoms in total. The third-order valence-electron chi connectivity index (χ3n) is 3.60. The van der Waals surface area contributed by atoms with E-state index in [-0.39, 0.29) is 5.78 Å². The molecule has 0 amide bonds. The molecule has 1 aliphatic carbocycles. The summed E-state index contributed by atoms with van der Waals surface area (Å²) in [5.74, 6) is 0.0657. The van der Waals surface area contributed by atoms with Gasteiger partial charge in [0, 0.05) is 13.7 Å². The average Bonchev–Trinajstić information content (AvgIpc) is 2.70. The van der Waals surface area contributed by atoms with Crippen molar-refractivity contribution in [3.8, 4) is 0 Å². The minimum Gasteiger partial charge on any atom is -0.367 e. The SMILES string of the molecule is CCOC1(C(=O)c2c(Br)cnn2C)CCCCC1. The monoisotopic (exact) mass is 314 g/mol. The lowest BCUT2D eigenvalue weighted by molar-refractivity contribution is -0.0417. The highest BCUT2D eigenvalue weighted by atomic mass is 79.9. The summed E-state index contributed by atoms with van der Waals surface area (Å²) in [6.07, 6.45) is 6.60. The van der Waals surface area contributed by atoms with Crippen molar-refractivity contribution in [2.24, 2.45) is 7.05 Å². The highest BCUT2D eigenvalue weighted by Gasteiger charge is 2.42. The molecule has 0 bridgehead atoms. The van der Waals surface area contributed by atoms with Crippen LogP contribution in [-0.4, -0.2) is 27.8 Å². The lowest BCUT2D eigenvalue weighted by Gasteiger charge is -2.35. The maximum Gasteiger partial charge on any atom is 0.213 e. The average molecular weight is 315 g/mol. The molecule has 0 saturated heterocycles. The van der Waals surface area contributed by atoms with Gasteiger partial charge >= 0.3 is 0 Å². The second kappa shape index (κ2) is 5.53.